The maximum absolute atomic E-state index is 13.2. The van der Waals surface area contributed by atoms with Gasteiger partial charge in [-0.15, -0.1) is 0 Å². The zero-order chi connectivity index (χ0) is 20.4. The first-order chi connectivity index (χ1) is 14.1. The topological polar surface area (TPSA) is 90.6 Å². The third kappa shape index (κ3) is 3.90. The summed E-state index contributed by atoms with van der Waals surface area (Å²) < 4.78 is 11.2. The van der Waals surface area contributed by atoms with Gasteiger partial charge in [-0.2, -0.15) is 9.97 Å². The molecule has 1 amide bonds. The first-order valence-electron chi connectivity index (χ1n) is 9.98. The molecule has 1 aromatic carbocycles. The Labute approximate surface area is 170 Å². The maximum Gasteiger partial charge on any atom is 0.320 e. The number of benzene rings is 1. The number of fused-ring (bicyclic) bond motifs is 3. The van der Waals surface area contributed by atoms with Crippen LogP contribution in [0.25, 0.3) is 0 Å². The lowest BCUT2D eigenvalue weighted by Crippen LogP contribution is -2.34. The molecule has 2 aliphatic rings. The summed E-state index contributed by atoms with van der Waals surface area (Å²) in [5.41, 5.74) is 9.15. The van der Waals surface area contributed by atoms with Crippen LogP contribution < -0.4 is 20.1 Å². The molecule has 4 bridgehead atoms. The van der Waals surface area contributed by atoms with Gasteiger partial charge in [0.1, 0.15) is 17.4 Å². The van der Waals surface area contributed by atoms with Gasteiger partial charge in [0.05, 0.1) is 20.3 Å². The second-order valence-electron chi connectivity index (χ2n) is 7.52. The van der Waals surface area contributed by atoms with Crippen molar-refractivity contribution in [3.05, 3.63) is 47.0 Å². The fourth-order valence-electron chi connectivity index (χ4n) is 3.82. The number of amides is 1. The molecule has 0 saturated heterocycles. The standard InChI is InChI=1S/C22H26N4O3/c1-14-7-9-17-19(23)24-22-25-20(17)26(21(14)27)13-15-8-10-18(28-2)16(12-15)6-4-3-5-11-29-22/h3-4,8,10,12,14H,5-7,9,11,13H2,1-2H3,(H2,23,24,25). The zero-order valence-electron chi connectivity index (χ0n) is 16.9. The summed E-state index contributed by atoms with van der Waals surface area (Å²) in [7, 11) is 1.67. The number of carbonyl (C=O) groups excluding carboxylic acids is 1. The Hall–Kier alpha value is -3.09. The summed E-state index contributed by atoms with van der Waals surface area (Å²) in [5.74, 6) is 1.71. The molecule has 4 rings (SSSR count). The number of anilines is 2. The van der Waals surface area contributed by atoms with E-state index in [2.05, 4.69) is 28.2 Å². The van der Waals surface area contributed by atoms with E-state index in [1.165, 1.54) is 0 Å². The lowest BCUT2D eigenvalue weighted by Gasteiger charge is -2.25. The molecule has 2 aromatic rings. The minimum atomic E-state index is -0.118. The highest BCUT2D eigenvalue weighted by atomic mass is 16.5. The zero-order valence-corrected chi connectivity index (χ0v) is 16.9. The summed E-state index contributed by atoms with van der Waals surface area (Å²) >= 11 is 0. The fourth-order valence-corrected chi connectivity index (χ4v) is 3.82. The van der Waals surface area contributed by atoms with Crippen LogP contribution in [-0.2, 0) is 24.2 Å². The van der Waals surface area contributed by atoms with Crippen molar-refractivity contribution in [1.29, 1.82) is 0 Å². The Kier molecular flexibility index (Phi) is 5.38. The van der Waals surface area contributed by atoms with Crippen molar-refractivity contribution in [2.24, 2.45) is 5.92 Å². The van der Waals surface area contributed by atoms with Gasteiger partial charge in [0.2, 0.25) is 5.91 Å². The molecular formula is C22H26N4O3. The Morgan fingerprint density at radius 2 is 2.14 bits per heavy atom. The number of hydrogen-bond acceptors (Lipinski definition) is 6. The van der Waals surface area contributed by atoms with E-state index in [1.54, 1.807) is 12.0 Å². The Morgan fingerprint density at radius 3 is 2.97 bits per heavy atom. The summed E-state index contributed by atoms with van der Waals surface area (Å²) in [6.45, 7) is 2.80. The second kappa shape index (κ2) is 8.11. The number of nitrogens with two attached hydrogens (primary N) is 1. The Morgan fingerprint density at radius 1 is 1.28 bits per heavy atom. The van der Waals surface area contributed by atoms with Gasteiger partial charge in [-0.25, -0.2) is 0 Å². The quantitative estimate of drug-likeness (QED) is 0.748. The van der Waals surface area contributed by atoms with Crippen LogP contribution in [0.4, 0.5) is 11.6 Å². The van der Waals surface area contributed by atoms with Crippen molar-refractivity contribution in [2.45, 2.75) is 39.2 Å². The summed E-state index contributed by atoms with van der Waals surface area (Å²) in [6, 6.07) is 6.26. The molecule has 7 nitrogen and oxygen atoms in total. The predicted octanol–water partition coefficient (Wildman–Crippen LogP) is 3.06. The van der Waals surface area contributed by atoms with Crippen LogP contribution >= 0.6 is 0 Å². The van der Waals surface area contributed by atoms with Crippen molar-refractivity contribution >= 4 is 17.5 Å². The van der Waals surface area contributed by atoms with Crippen LogP contribution in [0.15, 0.2) is 30.4 Å². The molecule has 1 unspecified atom stereocenters. The highest BCUT2D eigenvalue weighted by molar-refractivity contribution is 5.96. The average molecular weight is 394 g/mol. The van der Waals surface area contributed by atoms with Crippen LogP contribution in [0.5, 0.6) is 11.8 Å². The molecule has 0 aliphatic carbocycles. The molecule has 0 radical (unpaired) electrons. The number of methoxy groups -OCH3 is 1. The molecule has 0 spiro atoms. The molecule has 152 valence electrons. The van der Waals surface area contributed by atoms with E-state index in [9.17, 15) is 4.79 Å². The third-order valence-corrected chi connectivity index (χ3v) is 5.47. The number of rotatable bonds is 1. The van der Waals surface area contributed by atoms with Crippen LogP contribution in [0.3, 0.4) is 0 Å². The van der Waals surface area contributed by atoms with Gasteiger partial charge in [0.15, 0.2) is 0 Å². The number of ether oxygens (including phenoxy) is 2. The number of carbonyl (C=O) groups is 1. The largest absolute Gasteiger partial charge is 0.496 e. The van der Waals surface area contributed by atoms with E-state index in [4.69, 9.17) is 15.2 Å². The lowest BCUT2D eigenvalue weighted by atomic mass is 10.0. The van der Waals surface area contributed by atoms with Crippen molar-refractivity contribution in [3.8, 4) is 11.8 Å². The Balaban J connectivity index is 1.84. The monoisotopic (exact) mass is 394 g/mol. The van der Waals surface area contributed by atoms with E-state index in [0.717, 1.165) is 35.3 Å². The molecule has 1 aromatic heterocycles. The lowest BCUT2D eigenvalue weighted by molar-refractivity contribution is -0.122. The van der Waals surface area contributed by atoms with Gasteiger partial charge in [-0.1, -0.05) is 31.2 Å². The predicted molar refractivity (Wildman–Crippen MR) is 111 cm³/mol. The average Bonchev–Trinajstić information content (AvgIpc) is 2.83. The van der Waals surface area contributed by atoms with E-state index in [-0.39, 0.29) is 17.8 Å². The number of aromatic nitrogens is 2. The SMILES string of the molecule is COc1ccc2cc1CC=CCCOc1nc(N)c3c(n1)N(C2)C(=O)C(C)CC3. The molecular weight excluding hydrogens is 368 g/mol. The highest BCUT2D eigenvalue weighted by Gasteiger charge is 2.31. The van der Waals surface area contributed by atoms with Gasteiger partial charge < -0.3 is 15.2 Å². The molecule has 0 saturated carbocycles. The molecule has 1 atom stereocenters. The summed E-state index contributed by atoms with van der Waals surface area (Å²) in [6.07, 6.45) is 7.03. The molecule has 2 N–H and O–H groups in total. The van der Waals surface area contributed by atoms with E-state index >= 15 is 0 Å². The second-order valence-corrected chi connectivity index (χ2v) is 7.52. The number of allylic oxidation sites excluding steroid dienone is 1. The van der Waals surface area contributed by atoms with Gasteiger partial charge in [0, 0.05) is 11.5 Å². The Bertz CT molecular complexity index is 957. The smallest absolute Gasteiger partial charge is 0.320 e. The fraction of sp³-hybridized carbons (Fsp3) is 0.409. The molecule has 29 heavy (non-hydrogen) atoms. The van der Waals surface area contributed by atoms with Crippen LogP contribution in [0, 0.1) is 5.92 Å². The van der Waals surface area contributed by atoms with Gasteiger partial charge in [-0.3, -0.25) is 9.69 Å². The maximum atomic E-state index is 13.2. The van der Waals surface area contributed by atoms with Gasteiger partial charge >= 0.3 is 6.01 Å². The van der Waals surface area contributed by atoms with Crippen molar-refractivity contribution in [1.82, 2.24) is 9.97 Å². The van der Waals surface area contributed by atoms with Crippen molar-refractivity contribution in [2.75, 3.05) is 24.4 Å². The molecule has 2 aliphatic heterocycles. The summed E-state index contributed by atoms with van der Waals surface area (Å²) in [4.78, 5) is 23.8. The van der Waals surface area contributed by atoms with Crippen LogP contribution in [-0.4, -0.2) is 29.6 Å². The van der Waals surface area contributed by atoms with E-state index in [0.29, 0.717) is 37.6 Å². The van der Waals surface area contributed by atoms with E-state index in [1.807, 2.05) is 19.1 Å². The number of nitrogen functional groups attached to an aromatic ring is 1. The molecule has 0 fully saturated rings. The van der Waals surface area contributed by atoms with Crippen molar-refractivity contribution < 1.29 is 14.3 Å². The summed E-state index contributed by atoms with van der Waals surface area (Å²) in [5, 5.41) is 0. The first kappa shape index (κ1) is 19.2. The first-order valence-corrected chi connectivity index (χ1v) is 9.98. The minimum Gasteiger partial charge on any atom is -0.496 e. The van der Waals surface area contributed by atoms with Crippen molar-refractivity contribution in [3.63, 3.8) is 0 Å². The van der Waals surface area contributed by atoms with Crippen LogP contribution in [0.1, 0.15) is 36.5 Å². The van der Waals surface area contributed by atoms with Gasteiger partial charge in [0.25, 0.3) is 0 Å². The van der Waals surface area contributed by atoms with Gasteiger partial charge in [-0.05, 0) is 42.9 Å². The molecule has 7 heteroatoms. The molecule has 3 heterocycles. The minimum absolute atomic E-state index is 0.0390. The normalized spacial score (nSPS) is 19.2. The number of hydrogen-bond donors (Lipinski definition) is 1. The van der Waals surface area contributed by atoms with Crippen LogP contribution in [0.2, 0.25) is 0 Å². The third-order valence-electron chi connectivity index (χ3n) is 5.47. The van der Waals surface area contributed by atoms with E-state index < -0.39 is 0 Å². The number of nitrogens with zero attached hydrogens (tertiary/aromatic N) is 3. The highest BCUT2D eigenvalue weighted by Crippen LogP contribution is 2.34.